The van der Waals surface area contributed by atoms with Crippen molar-refractivity contribution >= 4 is 39.1 Å². The van der Waals surface area contributed by atoms with E-state index >= 15 is 0 Å². The second kappa shape index (κ2) is 15.2. The van der Waals surface area contributed by atoms with E-state index in [0.717, 1.165) is 21.0 Å². The van der Waals surface area contributed by atoms with Crippen LogP contribution < -0.4 is 9.62 Å². The predicted octanol–water partition coefficient (Wildman–Crippen LogP) is 6.71. The summed E-state index contributed by atoms with van der Waals surface area (Å²) in [6, 6.07) is 29.1. The second-order valence-electron chi connectivity index (χ2n) is 11.3. The third-order valence-corrected chi connectivity index (χ3v) is 9.84. The van der Waals surface area contributed by atoms with E-state index in [1.807, 2.05) is 57.2 Å². The first kappa shape index (κ1) is 33.7. The topological polar surface area (TPSA) is 86.8 Å². The summed E-state index contributed by atoms with van der Waals surface area (Å²) in [5.41, 5.74) is 3.63. The van der Waals surface area contributed by atoms with E-state index in [1.54, 1.807) is 73.7 Å². The zero-order chi connectivity index (χ0) is 32.6. The Kier molecular flexibility index (Phi) is 11.4. The highest BCUT2D eigenvalue weighted by molar-refractivity contribution is 7.92. The van der Waals surface area contributed by atoms with Crippen LogP contribution in [0.25, 0.3) is 0 Å². The van der Waals surface area contributed by atoms with Gasteiger partial charge in [0.25, 0.3) is 10.0 Å². The molecule has 0 saturated heterocycles. The van der Waals surface area contributed by atoms with E-state index in [1.165, 1.54) is 4.90 Å². The minimum absolute atomic E-state index is 0.0729. The quantitative estimate of drug-likeness (QED) is 0.175. The van der Waals surface area contributed by atoms with Crippen LogP contribution in [0.15, 0.2) is 108 Å². The number of carbonyl (C=O) groups is 2. The van der Waals surface area contributed by atoms with Gasteiger partial charge < -0.3 is 10.2 Å². The van der Waals surface area contributed by atoms with Gasteiger partial charge in [0.1, 0.15) is 12.6 Å². The largest absolute Gasteiger partial charge is 0.352 e. The van der Waals surface area contributed by atoms with Crippen molar-refractivity contribution in [3.05, 3.63) is 130 Å². The number of sulfonamides is 1. The fraction of sp³-hybridized carbons (Fsp3) is 0.278. The fourth-order valence-electron chi connectivity index (χ4n) is 4.98. The van der Waals surface area contributed by atoms with Crippen LogP contribution in [0.4, 0.5) is 5.69 Å². The molecular weight excluding hydrogens is 606 g/mol. The van der Waals surface area contributed by atoms with Crippen LogP contribution in [-0.2, 0) is 32.6 Å². The Balaban J connectivity index is 1.81. The number of para-hydroxylation sites is 1. The van der Waals surface area contributed by atoms with Gasteiger partial charge in [-0.2, -0.15) is 0 Å². The maximum atomic E-state index is 14.5. The van der Waals surface area contributed by atoms with Crippen LogP contribution in [0.2, 0.25) is 5.02 Å². The number of amides is 2. The molecule has 0 saturated carbocycles. The third kappa shape index (κ3) is 8.74. The molecule has 0 bridgehead atoms. The van der Waals surface area contributed by atoms with Gasteiger partial charge in [-0.3, -0.25) is 13.9 Å². The lowest BCUT2D eigenvalue weighted by Gasteiger charge is -2.34. The number of hydrogen-bond acceptors (Lipinski definition) is 4. The van der Waals surface area contributed by atoms with Crippen LogP contribution >= 0.6 is 11.6 Å². The maximum Gasteiger partial charge on any atom is 0.264 e. The van der Waals surface area contributed by atoms with E-state index in [9.17, 15) is 18.0 Å². The Morgan fingerprint density at radius 1 is 0.822 bits per heavy atom. The van der Waals surface area contributed by atoms with Crippen molar-refractivity contribution < 1.29 is 18.0 Å². The fourth-order valence-corrected chi connectivity index (χ4v) is 6.58. The van der Waals surface area contributed by atoms with E-state index < -0.39 is 28.5 Å². The minimum atomic E-state index is -4.16. The Labute approximate surface area is 271 Å². The van der Waals surface area contributed by atoms with E-state index in [-0.39, 0.29) is 29.8 Å². The molecule has 4 aromatic carbocycles. The number of halogens is 1. The monoisotopic (exact) mass is 645 g/mol. The molecule has 0 radical (unpaired) electrons. The van der Waals surface area contributed by atoms with E-state index in [0.29, 0.717) is 22.7 Å². The van der Waals surface area contributed by atoms with Gasteiger partial charge >= 0.3 is 0 Å². The molecule has 0 heterocycles. The minimum Gasteiger partial charge on any atom is -0.352 e. The van der Waals surface area contributed by atoms with Crippen LogP contribution in [0.1, 0.15) is 42.5 Å². The SMILES string of the molecule is CCC(C)NC(=O)C(Cc1ccccc1)N(Cc1ccc(Cl)cc1)C(=O)CN(c1ccccc1C)S(=O)(=O)c1ccc(C)cc1. The molecule has 0 aliphatic heterocycles. The molecule has 2 amide bonds. The lowest BCUT2D eigenvalue weighted by atomic mass is 10.0. The zero-order valence-corrected chi connectivity index (χ0v) is 27.7. The van der Waals surface area contributed by atoms with Gasteiger partial charge in [-0.1, -0.05) is 96.9 Å². The average molecular weight is 646 g/mol. The van der Waals surface area contributed by atoms with Gasteiger partial charge in [0.05, 0.1) is 10.6 Å². The molecule has 2 atom stereocenters. The molecule has 1 N–H and O–H groups in total. The van der Waals surface area contributed by atoms with Gasteiger partial charge in [0.2, 0.25) is 11.8 Å². The van der Waals surface area contributed by atoms with Crippen LogP contribution in [0.3, 0.4) is 0 Å². The molecule has 0 spiro atoms. The Morgan fingerprint density at radius 3 is 2.07 bits per heavy atom. The third-order valence-electron chi connectivity index (χ3n) is 7.81. The molecule has 0 aromatic heterocycles. The number of carbonyl (C=O) groups excluding carboxylic acids is 2. The van der Waals surface area contributed by atoms with Crippen molar-refractivity contribution in [2.75, 3.05) is 10.8 Å². The number of hydrogen-bond donors (Lipinski definition) is 1. The highest BCUT2D eigenvalue weighted by Gasteiger charge is 2.35. The number of nitrogens with one attached hydrogen (secondary N) is 1. The molecule has 9 heteroatoms. The number of nitrogens with zero attached hydrogens (tertiary/aromatic N) is 2. The molecule has 236 valence electrons. The van der Waals surface area contributed by atoms with Crippen LogP contribution in [0.5, 0.6) is 0 Å². The molecule has 0 aliphatic rings. The predicted molar refractivity (Wildman–Crippen MR) is 181 cm³/mol. The normalized spacial score (nSPS) is 12.6. The molecule has 7 nitrogen and oxygen atoms in total. The van der Waals surface area contributed by atoms with E-state index in [4.69, 9.17) is 11.6 Å². The number of anilines is 1. The summed E-state index contributed by atoms with van der Waals surface area (Å²) in [5.74, 6) is -0.816. The molecule has 4 aromatic rings. The summed E-state index contributed by atoms with van der Waals surface area (Å²) >= 11 is 6.16. The Morgan fingerprint density at radius 2 is 1.44 bits per heavy atom. The summed E-state index contributed by atoms with van der Waals surface area (Å²) in [6.45, 7) is 7.15. The van der Waals surface area contributed by atoms with Crippen molar-refractivity contribution in [3.8, 4) is 0 Å². The molecule has 45 heavy (non-hydrogen) atoms. The van der Waals surface area contributed by atoms with Crippen molar-refractivity contribution in [1.29, 1.82) is 0 Å². The first-order valence-electron chi connectivity index (χ1n) is 15.0. The molecule has 0 fully saturated rings. The molecule has 0 aliphatic carbocycles. The average Bonchev–Trinajstić information content (AvgIpc) is 3.03. The number of aryl methyl sites for hydroxylation is 2. The second-order valence-corrected chi connectivity index (χ2v) is 13.6. The lowest BCUT2D eigenvalue weighted by molar-refractivity contribution is -0.140. The van der Waals surface area contributed by atoms with E-state index in [2.05, 4.69) is 5.32 Å². The van der Waals surface area contributed by atoms with Gasteiger partial charge in [0, 0.05) is 24.0 Å². The molecule has 4 rings (SSSR count). The summed E-state index contributed by atoms with van der Waals surface area (Å²) < 4.78 is 29.5. The Bertz CT molecular complexity index is 1690. The summed E-state index contributed by atoms with van der Waals surface area (Å²) in [6.07, 6.45) is 0.961. The van der Waals surface area contributed by atoms with Crippen LogP contribution in [-0.4, -0.2) is 43.8 Å². The summed E-state index contributed by atoms with van der Waals surface area (Å²) in [5, 5.41) is 3.59. The van der Waals surface area contributed by atoms with Gasteiger partial charge in [0.15, 0.2) is 0 Å². The summed E-state index contributed by atoms with van der Waals surface area (Å²) in [4.78, 5) is 30.0. The van der Waals surface area contributed by atoms with Crippen molar-refractivity contribution in [2.45, 2.75) is 64.1 Å². The van der Waals surface area contributed by atoms with Crippen molar-refractivity contribution in [1.82, 2.24) is 10.2 Å². The van der Waals surface area contributed by atoms with Gasteiger partial charge in [-0.25, -0.2) is 8.42 Å². The summed E-state index contributed by atoms with van der Waals surface area (Å²) in [7, 11) is -4.16. The van der Waals surface area contributed by atoms with Gasteiger partial charge in [-0.05, 0) is 74.2 Å². The number of benzene rings is 4. The molecule has 2 unspecified atom stereocenters. The Hall–Kier alpha value is -4.14. The standard InChI is InChI=1S/C36H40ClN3O4S/c1-5-28(4)38-36(42)34(23-29-12-7-6-8-13-29)39(24-30-17-19-31(37)20-18-30)35(41)25-40(33-14-10-9-11-27(33)3)45(43,44)32-21-15-26(2)16-22-32/h6-22,28,34H,5,23-25H2,1-4H3,(H,38,42). The van der Waals surface area contributed by atoms with Gasteiger partial charge in [-0.15, -0.1) is 0 Å². The highest BCUT2D eigenvalue weighted by atomic mass is 35.5. The zero-order valence-electron chi connectivity index (χ0n) is 26.1. The van der Waals surface area contributed by atoms with Crippen molar-refractivity contribution in [3.63, 3.8) is 0 Å². The first-order valence-corrected chi connectivity index (χ1v) is 16.8. The first-order chi connectivity index (χ1) is 21.5. The molecular formula is C36H40ClN3O4S. The van der Waals surface area contributed by atoms with Crippen molar-refractivity contribution in [2.24, 2.45) is 0 Å². The lowest BCUT2D eigenvalue weighted by Crippen LogP contribution is -2.54. The van der Waals surface area contributed by atoms with Crippen LogP contribution in [0, 0.1) is 13.8 Å². The number of rotatable bonds is 13. The highest BCUT2D eigenvalue weighted by Crippen LogP contribution is 2.28. The smallest absolute Gasteiger partial charge is 0.264 e. The maximum absolute atomic E-state index is 14.5.